The van der Waals surface area contributed by atoms with Crippen molar-refractivity contribution in [3.63, 3.8) is 0 Å². The predicted molar refractivity (Wildman–Crippen MR) is 64.6 cm³/mol. The van der Waals surface area contributed by atoms with Crippen LogP contribution in [-0.2, 0) is 21.2 Å². The van der Waals surface area contributed by atoms with Crippen molar-refractivity contribution in [2.45, 2.75) is 31.6 Å². The maximum Gasteiger partial charge on any atom is 0.257 e. The van der Waals surface area contributed by atoms with Crippen LogP contribution in [0.1, 0.15) is 25.8 Å². The lowest BCUT2D eigenvalue weighted by Gasteiger charge is -2.07. The Kier molecular flexibility index (Phi) is 4.65. The molecule has 2 N–H and O–H groups in total. The molecule has 5 nitrogen and oxygen atoms in total. The molecule has 94 valence electrons. The van der Waals surface area contributed by atoms with Crippen LogP contribution in [0, 0.1) is 0 Å². The number of hydrazine groups is 1. The number of sulfonamides is 1. The van der Waals surface area contributed by atoms with Crippen LogP contribution >= 0.6 is 0 Å². The number of benzene rings is 1. The van der Waals surface area contributed by atoms with Gasteiger partial charge in [-0.05, 0) is 24.1 Å². The van der Waals surface area contributed by atoms with Crippen molar-refractivity contribution in [3.8, 4) is 0 Å². The second-order valence-corrected chi connectivity index (χ2v) is 5.36. The maximum absolute atomic E-state index is 11.7. The Hall–Kier alpha value is -1.40. The zero-order valence-corrected chi connectivity index (χ0v) is 10.7. The van der Waals surface area contributed by atoms with Gasteiger partial charge in [0.2, 0.25) is 5.91 Å². The third-order valence-electron chi connectivity index (χ3n) is 2.13. The lowest BCUT2D eigenvalue weighted by molar-refractivity contribution is -0.119. The minimum absolute atomic E-state index is 0.131. The normalized spacial score (nSPS) is 11.2. The average Bonchev–Trinajstić information content (AvgIpc) is 2.28. The summed E-state index contributed by atoms with van der Waals surface area (Å²) in [6.45, 7) is 3.29. The number of rotatable bonds is 5. The topological polar surface area (TPSA) is 75.3 Å². The van der Waals surface area contributed by atoms with E-state index in [-0.39, 0.29) is 4.90 Å². The summed E-state index contributed by atoms with van der Waals surface area (Å²) in [7, 11) is -3.67. The zero-order valence-electron chi connectivity index (χ0n) is 9.86. The van der Waals surface area contributed by atoms with Crippen molar-refractivity contribution < 1.29 is 13.2 Å². The van der Waals surface area contributed by atoms with Crippen molar-refractivity contribution in [3.05, 3.63) is 29.8 Å². The molecular formula is C11H16N2O3S. The van der Waals surface area contributed by atoms with Crippen LogP contribution in [0.3, 0.4) is 0 Å². The fourth-order valence-electron chi connectivity index (χ4n) is 1.32. The fraction of sp³-hybridized carbons (Fsp3) is 0.364. The van der Waals surface area contributed by atoms with Crippen molar-refractivity contribution >= 4 is 15.9 Å². The number of carbonyl (C=O) groups is 1. The van der Waals surface area contributed by atoms with E-state index in [1.807, 2.05) is 10.3 Å². The summed E-state index contributed by atoms with van der Waals surface area (Å²) in [4.78, 5) is 12.8. The quantitative estimate of drug-likeness (QED) is 0.771. The van der Waals surface area contributed by atoms with Crippen LogP contribution in [0.2, 0.25) is 0 Å². The molecule has 0 aliphatic carbocycles. The van der Waals surface area contributed by atoms with Gasteiger partial charge in [-0.25, -0.2) is 8.42 Å². The first-order chi connectivity index (χ1) is 7.95. The van der Waals surface area contributed by atoms with E-state index < -0.39 is 15.9 Å². The molecular weight excluding hydrogens is 240 g/mol. The van der Waals surface area contributed by atoms with Gasteiger partial charge in [-0.1, -0.05) is 25.5 Å². The van der Waals surface area contributed by atoms with Gasteiger partial charge in [-0.3, -0.25) is 10.2 Å². The number of carbonyl (C=O) groups excluding carboxylic acids is 1. The molecule has 0 aromatic heterocycles. The van der Waals surface area contributed by atoms with E-state index >= 15 is 0 Å². The lowest BCUT2D eigenvalue weighted by atomic mass is 10.1. The molecule has 0 aliphatic rings. The molecule has 1 aromatic carbocycles. The number of amides is 1. The Balaban J connectivity index is 2.81. The van der Waals surface area contributed by atoms with Crippen LogP contribution in [0.25, 0.3) is 0 Å². The van der Waals surface area contributed by atoms with E-state index in [9.17, 15) is 13.2 Å². The predicted octanol–water partition coefficient (Wildman–Crippen LogP) is 0.968. The first-order valence-electron chi connectivity index (χ1n) is 5.33. The second-order valence-electron chi connectivity index (χ2n) is 3.68. The molecule has 0 spiro atoms. The van der Waals surface area contributed by atoms with E-state index in [4.69, 9.17) is 0 Å². The van der Waals surface area contributed by atoms with Gasteiger partial charge in [0.25, 0.3) is 10.0 Å². The van der Waals surface area contributed by atoms with Crippen LogP contribution in [0.5, 0.6) is 0 Å². The van der Waals surface area contributed by atoms with Crippen LogP contribution in [0.15, 0.2) is 29.2 Å². The van der Waals surface area contributed by atoms with Gasteiger partial charge in [0.15, 0.2) is 0 Å². The number of nitrogens with one attached hydrogen (secondary N) is 2. The number of hydrogen-bond acceptors (Lipinski definition) is 3. The van der Waals surface area contributed by atoms with Crippen molar-refractivity contribution in [1.29, 1.82) is 0 Å². The highest BCUT2D eigenvalue weighted by Gasteiger charge is 2.13. The summed E-state index contributed by atoms with van der Waals surface area (Å²) in [6.07, 6.45) is 1.93. The van der Waals surface area contributed by atoms with E-state index in [1.165, 1.54) is 19.1 Å². The summed E-state index contributed by atoms with van der Waals surface area (Å²) in [6, 6.07) is 6.59. The Morgan fingerprint density at radius 3 is 2.29 bits per heavy atom. The summed E-state index contributed by atoms with van der Waals surface area (Å²) < 4.78 is 23.4. The van der Waals surface area contributed by atoms with Gasteiger partial charge in [-0.15, -0.1) is 4.83 Å². The van der Waals surface area contributed by atoms with Gasteiger partial charge in [0.1, 0.15) is 0 Å². The van der Waals surface area contributed by atoms with Gasteiger partial charge in [0, 0.05) is 6.92 Å². The Morgan fingerprint density at radius 1 is 1.24 bits per heavy atom. The van der Waals surface area contributed by atoms with Gasteiger partial charge < -0.3 is 0 Å². The minimum atomic E-state index is -3.67. The molecule has 0 radical (unpaired) electrons. The van der Waals surface area contributed by atoms with Gasteiger partial charge >= 0.3 is 0 Å². The van der Waals surface area contributed by atoms with E-state index in [2.05, 4.69) is 6.92 Å². The van der Waals surface area contributed by atoms with Crippen LogP contribution in [0.4, 0.5) is 0 Å². The molecule has 0 heterocycles. The van der Waals surface area contributed by atoms with Crippen LogP contribution < -0.4 is 10.3 Å². The minimum Gasteiger partial charge on any atom is -0.278 e. The zero-order chi connectivity index (χ0) is 12.9. The maximum atomic E-state index is 11.7. The summed E-state index contributed by atoms with van der Waals surface area (Å²) in [5.41, 5.74) is 3.14. The summed E-state index contributed by atoms with van der Waals surface area (Å²) >= 11 is 0. The van der Waals surface area contributed by atoms with Crippen LogP contribution in [-0.4, -0.2) is 14.3 Å². The highest BCUT2D eigenvalue weighted by Crippen LogP contribution is 2.11. The molecule has 0 aliphatic heterocycles. The Bertz CT molecular complexity index is 480. The molecule has 1 amide bonds. The molecule has 6 heteroatoms. The Morgan fingerprint density at radius 2 is 1.82 bits per heavy atom. The van der Waals surface area contributed by atoms with Crippen molar-refractivity contribution in [2.75, 3.05) is 0 Å². The largest absolute Gasteiger partial charge is 0.278 e. The van der Waals surface area contributed by atoms with Gasteiger partial charge in [0.05, 0.1) is 4.90 Å². The second kappa shape index (κ2) is 5.79. The Labute approximate surface area is 101 Å². The highest BCUT2D eigenvalue weighted by molar-refractivity contribution is 7.89. The molecule has 0 fully saturated rings. The molecule has 0 unspecified atom stereocenters. The first-order valence-corrected chi connectivity index (χ1v) is 6.81. The molecule has 0 saturated heterocycles. The fourth-order valence-corrected chi connectivity index (χ4v) is 2.21. The van der Waals surface area contributed by atoms with E-state index in [0.29, 0.717) is 0 Å². The molecule has 0 saturated carbocycles. The standard InChI is InChI=1S/C11H16N2O3S/c1-3-4-10-5-7-11(8-6-10)17(15,16)13-12-9(2)14/h5-8,13H,3-4H2,1-2H3,(H,12,14). The summed E-state index contributed by atoms with van der Waals surface area (Å²) in [5.74, 6) is -0.462. The SMILES string of the molecule is CCCc1ccc(S(=O)(=O)NNC(C)=O)cc1. The summed E-state index contributed by atoms with van der Waals surface area (Å²) in [5, 5.41) is 0. The van der Waals surface area contributed by atoms with Gasteiger partial charge in [-0.2, -0.15) is 0 Å². The monoisotopic (exact) mass is 256 g/mol. The molecule has 17 heavy (non-hydrogen) atoms. The number of hydrogen-bond donors (Lipinski definition) is 2. The third kappa shape index (κ3) is 4.16. The van der Waals surface area contributed by atoms with Crippen molar-refractivity contribution in [1.82, 2.24) is 10.3 Å². The highest BCUT2D eigenvalue weighted by atomic mass is 32.2. The molecule has 0 atom stereocenters. The third-order valence-corrected chi connectivity index (χ3v) is 3.40. The lowest BCUT2D eigenvalue weighted by Crippen LogP contribution is -2.40. The molecule has 1 aromatic rings. The van der Waals surface area contributed by atoms with E-state index in [1.54, 1.807) is 12.1 Å². The molecule has 0 bridgehead atoms. The van der Waals surface area contributed by atoms with Crippen molar-refractivity contribution in [2.24, 2.45) is 0 Å². The number of aryl methyl sites for hydroxylation is 1. The first kappa shape index (κ1) is 13.7. The molecule has 1 rings (SSSR count). The van der Waals surface area contributed by atoms with E-state index in [0.717, 1.165) is 18.4 Å². The average molecular weight is 256 g/mol. The smallest absolute Gasteiger partial charge is 0.257 e.